The number of carboxylic acid groups (broad SMARTS) is 1. The van der Waals surface area contributed by atoms with Crippen LogP contribution in [0.2, 0.25) is 0 Å². The summed E-state index contributed by atoms with van der Waals surface area (Å²) in [6.45, 7) is 4.04. The van der Waals surface area contributed by atoms with Crippen molar-refractivity contribution in [1.82, 2.24) is 9.97 Å². The Kier molecular flexibility index (Phi) is 7.77. The number of carbonyl (C=O) groups excluding carboxylic acids is 1. The van der Waals surface area contributed by atoms with Crippen molar-refractivity contribution in [1.29, 1.82) is 0 Å². The number of rotatable bonds is 10. The van der Waals surface area contributed by atoms with Crippen molar-refractivity contribution in [2.75, 3.05) is 29.5 Å². The molecule has 182 valence electrons. The van der Waals surface area contributed by atoms with Crippen LogP contribution in [0, 0.1) is 0 Å². The topological polar surface area (TPSA) is 105 Å². The standard InChI is InChI=1S/C26H28N4O5/c1-2-34-23-11-5-6-12-24(23)35-21-9-7-13-29(17-21)26-27-14-20(15-28-26)30(18-31)16-19-8-3-4-10-22(19)25(32)33/h3-6,8,10-12,14-15,18,21H,2,7,9,13,16-17H2,1H3,(H,32,33). The Morgan fingerprint density at radius 2 is 1.86 bits per heavy atom. The predicted molar refractivity (Wildman–Crippen MR) is 131 cm³/mol. The Morgan fingerprint density at radius 3 is 2.57 bits per heavy atom. The molecule has 1 N–H and O–H groups in total. The first kappa shape index (κ1) is 24.0. The molecule has 1 aromatic heterocycles. The van der Waals surface area contributed by atoms with Gasteiger partial charge in [0.05, 0.1) is 43.3 Å². The zero-order chi connectivity index (χ0) is 24.6. The molecule has 1 unspecified atom stereocenters. The SMILES string of the molecule is CCOc1ccccc1OC1CCCN(c2ncc(N(C=O)Cc3ccccc3C(=O)O)cn2)C1. The van der Waals surface area contributed by atoms with Crippen LogP contribution < -0.4 is 19.3 Å². The monoisotopic (exact) mass is 476 g/mol. The van der Waals surface area contributed by atoms with E-state index in [9.17, 15) is 14.7 Å². The molecule has 0 bridgehead atoms. The Hall–Kier alpha value is -4.14. The van der Waals surface area contributed by atoms with Gasteiger partial charge in [-0.15, -0.1) is 0 Å². The first-order chi connectivity index (χ1) is 17.1. The summed E-state index contributed by atoms with van der Waals surface area (Å²) < 4.78 is 11.9. The van der Waals surface area contributed by atoms with Gasteiger partial charge in [0.15, 0.2) is 11.5 Å². The van der Waals surface area contributed by atoms with Crippen molar-refractivity contribution < 1.29 is 24.2 Å². The van der Waals surface area contributed by atoms with Crippen molar-refractivity contribution in [2.24, 2.45) is 0 Å². The number of hydrogen-bond donors (Lipinski definition) is 1. The number of benzene rings is 2. The van der Waals surface area contributed by atoms with Crippen LogP contribution in [0.3, 0.4) is 0 Å². The summed E-state index contributed by atoms with van der Waals surface area (Å²) in [5, 5.41) is 9.40. The molecule has 0 radical (unpaired) electrons. The molecule has 0 saturated carbocycles. The van der Waals surface area contributed by atoms with E-state index < -0.39 is 5.97 Å². The Labute approximate surface area is 203 Å². The van der Waals surface area contributed by atoms with E-state index in [0.29, 0.717) is 36.8 Å². The lowest BCUT2D eigenvalue weighted by molar-refractivity contribution is -0.107. The van der Waals surface area contributed by atoms with Crippen molar-refractivity contribution in [3.05, 3.63) is 72.1 Å². The third-order valence-corrected chi connectivity index (χ3v) is 5.78. The fraction of sp³-hybridized carbons (Fsp3) is 0.308. The van der Waals surface area contributed by atoms with Gasteiger partial charge in [-0.25, -0.2) is 14.8 Å². The molecule has 1 aliphatic rings. The zero-order valence-corrected chi connectivity index (χ0v) is 19.5. The minimum atomic E-state index is -1.04. The first-order valence-corrected chi connectivity index (χ1v) is 11.6. The Morgan fingerprint density at radius 1 is 1.14 bits per heavy atom. The van der Waals surface area contributed by atoms with Crippen LogP contribution in [0.1, 0.15) is 35.7 Å². The number of carboxylic acids is 1. The molecule has 0 spiro atoms. The number of piperidine rings is 1. The van der Waals surface area contributed by atoms with Crippen LogP contribution in [0.4, 0.5) is 11.6 Å². The minimum Gasteiger partial charge on any atom is -0.490 e. The largest absolute Gasteiger partial charge is 0.490 e. The lowest BCUT2D eigenvalue weighted by Gasteiger charge is -2.33. The van der Waals surface area contributed by atoms with Gasteiger partial charge in [0, 0.05) is 6.54 Å². The van der Waals surface area contributed by atoms with Crippen LogP contribution in [-0.2, 0) is 11.3 Å². The van der Waals surface area contributed by atoms with Gasteiger partial charge < -0.3 is 24.4 Å². The Balaban J connectivity index is 1.43. The quantitative estimate of drug-likeness (QED) is 0.441. The van der Waals surface area contributed by atoms with Gasteiger partial charge in [-0.3, -0.25) is 4.79 Å². The average Bonchev–Trinajstić information content (AvgIpc) is 2.89. The summed E-state index contributed by atoms with van der Waals surface area (Å²) in [7, 11) is 0. The van der Waals surface area contributed by atoms with E-state index in [1.54, 1.807) is 30.6 Å². The smallest absolute Gasteiger partial charge is 0.336 e. The number of anilines is 2. The number of hydrogen-bond acceptors (Lipinski definition) is 7. The molecule has 1 fully saturated rings. The lowest BCUT2D eigenvalue weighted by atomic mass is 10.1. The van der Waals surface area contributed by atoms with Crippen LogP contribution in [-0.4, -0.2) is 53.3 Å². The van der Waals surface area contributed by atoms with E-state index in [0.717, 1.165) is 30.9 Å². The fourth-order valence-corrected chi connectivity index (χ4v) is 4.08. The summed E-state index contributed by atoms with van der Waals surface area (Å²) in [4.78, 5) is 35.6. The number of amides is 1. The number of nitrogens with zero attached hydrogens (tertiary/aromatic N) is 4. The molecule has 4 rings (SSSR count). The maximum Gasteiger partial charge on any atom is 0.336 e. The van der Waals surface area contributed by atoms with Crippen LogP contribution in [0.15, 0.2) is 60.9 Å². The maximum absolute atomic E-state index is 11.8. The molecular formula is C26H28N4O5. The van der Waals surface area contributed by atoms with Crippen molar-refractivity contribution in [3.63, 3.8) is 0 Å². The number of aromatic carboxylic acids is 1. The number of aromatic nitrogens is 2. The van der Waals surface area contributed by atoms with E-state index in [4.69, 9.17) is 9.47 Å². The molecule has 35 heavy (non-hydrogen) atoms. The van der Waals surface area contributed by atoms with E-state index in [1.165, 1.54) is 11.0 Å². The second kappa shape index (κ2) is 11.3. The van der Waals surface area contributed by atoms with Gasteiger partial charge in [0.2, 0.25) is 12.4 Å². The Bertz CT molecular complexity index is 1150. The molecule has 1 aliphatic heterocycles. The van der Waals surface area contributed by atoms with Gasteiger partial charge in [0.25, 0.3) is 0 Å². The third kappa shape index (κ3) is 5.87. The highest BCUT2D eigenvalue weighted by molar-refractivity contribution is 5.89. The number of para-hydroxylation sites is 2. The van der Waals surface area contributed by atoms with Crippen molar-refractivity contribution in [3.8, 4) is 11.5 Å². The number of carbonyl (C=O) groups is 2. The second-order valence-electron chi connectivity index (χ2n) is 8.14. The van der Waals surface area contributed by atoms with Crippen LogP contribution in [0.5, 0.6) is 11.5 Å². The van der Waals surface area contributed by atoms with Crippen LogP contribution >= 0.6 is 0 Å². The molecule has 2 heterocycles. The molecule has 3 aromatic rings. The van der Waals surface area contributed by atoms with E-state index in [-0.39, 0.29) is 18.2 Å². The second-order valence-corrected chi connectivity index (χ2v) is 8.14. The molecule has 2 aromatic carbocycles. The first-order valence-electron chi connectivity index (χ1n) is 11.6. The van der Waals surface area contributed by atoms with Crippen molar-refractivity contribution >= 4 is 24.0 Å². The molecule has 9 nitrogen and oxygen atoms in total. The molecule has 0 aliphatic carbocycles. The van der Waals surface area contributed by atoms with Gasteiger partial charge in [0.1, 0.15) is 6.10 Å². The van der Waals surface area contributed by atoms with Gasteiger partial charge in [-0.1, -0.05) is 30.3 Å². The summed E-state index contributed by atoms with van der Waals surface area (Å²) in [6.07, 6.45) is 5.62. The van der Waals surface area contributed by atoms with E-state index >= 15 is 0 Å². The lowest BCUT2D eigenvalue weighted by Crippen LogP contribution is -2.42. The van der Waals surface area contributed by atoms with Gasteiger partial charge in [-0.2, -0.15) is 0 Å². The number of ether oxygens (including phenoxy) is 2. The van der Waals surface area contributed by atoms with Crippen molar-refractivity contribution in [2.45, 2.75) is 32.4 Å². The van der Waals surface area contributed by atoms with Gasteiger partial charge in [-0.05, 0) is 43.5 Å². The normalized spacial score (nSPS) is 15.3. The fourth-order valence-electron chi connectivity index (χ4n) is 4.08. The molecular weight excluding hydrogens is 448 g/mol. The van der Waals surface area contributed by atoms with E-state index in [1.807, 2.05) is 31.2 Å². The summed E-state index contributed by atoms with van der Waals surface area (Å²) in [5.41, 5.74) is 1.17. The summed E-state index contributed by atoms with van der Waals surface area (Å²) >= 11 is 0. The molecule has 1 saturated heterocycles. The van der Waals surface area contributed by atoms with E-state index in [2.05, 4.69) is 14.9 Å². The maximum atomic E-state index is 11.8. The average molecular weight is 477 g/mol. The highest BCUT2D eigenvalue weighted by atomic mass is 16.5. The third-order valence-electron chi connectivity index (χ3n) is 5.78. The molecule has 9 heteroatoms. The summed E-state index contributed by atoms with van der Waals surface area (Å²) in [5.74, 6) is 0.965. The summed E-state index contributed by atoms with van der Waals surface area (Å²) in [6, 6.07) is 14.2. The van der Waals surface area contributed by atoms with Crippen LogP contribution in [0.25, 0.3) is 0 Å². The minimum absolute atomic E-state index is 0.0346. The van der Waals surface area contributed by atoms with Gasteiger partial charge >= 0.3 is 5.97 Å². The molecule has 1 atom stereocenters. The molecule has 1 amide bonds. The predicted octanol–water partition coefficient (Wildman–Crippen LogP) is 3.78. The highest BCUT2D eigenvalue weighted by Gasteiger charge is 2.24. The highest BCUT2D eigenvalue weighted by Crippen LogP contribution is 2.29. The zero-order valence-electron chi connectivity index (χ0n) is 19.5.